The first-order chi connectivity index (χ1) is 12.6. The Morgan fingerprint density at radius 1 is 1.04 bits per heavy atom. The van der Waals surface area contributed by atoms with Crippen LogP contribution in [0.3, 0.4) is 0 Å². The zero-order valence-electron chi connectivity index (χ0n) is 14.3. The molecule has 1 fully saturated rings. The molecular weight excluding hydrogens is 334 g/mol. The summed E-state index contributed by atoms with van der Waals surface area (Å²) in [6, 6.07) is 12.1. The molecule has 0 spiro atoms. The van der Waals surface area contributed by atoms with Crippen molar-refractivity contribution in [2.45, 2.75) is 12.8 Å². The lowest BCUT2D eigenvalue weighted by molar-refractivity contribution is -0.384. The van der Waals surface area contributed by atoms with E-state index in [-0.39, 0.29) is 11.6 Å². The second-order valence-corrected chi connectivity index (χ2v) is 6.43. The van der Waals surface area contributed by atoms with E-state index in [1.807, 2.05) is 29.2 Å². The van der Waals surface area contributed by atoms with Crippen molar-refractivity contribution in [2.24, 2.45) is 0 Å². The Labute approximate surface area is 150 Å². The summed E-state index contributed by atoms with van der Waals surface area (Å²) in [5, 5.41) is 11.6. The van der Waals surface area contributed by atoms with Crippen LogP contribution in [0.25, 0.3) is 0 Å². The third kappa shape index (κ3) is 2.85. The topological polar surface area (TPSA) is 75.9 Å². The summed E-state index contributed by atoms with van der Waals surface area (Å²) in [6.07, 6.45) is 2.06. The standard InChI is InChI=1S/C19H19N3O4/c23-19(21-11-12-26-18-6-2-1-5-16(18)21)14-7-8-15(17(13-14)22(24)25)20-9-3-4-10-20/h1-2,5-8,13H,3-4,9-12H2. The van der Waals surface area contributed by atoms with E-state index in [1.54, 1.807) is 17.0 Å². The molecule has 2 aromatic carbocycles. The van der Waals surface area contributed by atoms with Crippen LogP contribution < -0.4 is 14.5 Å². The molecular formula is C19H19N3O4. The number of hydrogen-bond acceptors (Lipinski definition) is 5. The minimum Gasteiger partial charge on any atom is -0.490 e. The lowest BCUT2D eigenvalue weighted by atomic mass is 10.1. The molecule has 0 bridgehead atoms. The summed E-state index contributed by atoms with van der Waals surface area (Å²) >= 11 is 0. The predicted octanol–water partition coefficient (Wildman–Crippen LogP) is 3.23. The number of fused-ring (bicyclic) bond motifs is 1. The van der Waals surface area contributed by atoms with E-state index < -0.39 is 4.92 Å². The summed E-state index contributed by atoms with van der Waals surface area (Å²) in [6.45, 7) is 2.43. The minimum absolute atomic E-state index is 0.0145. The van der Waals surface area contributed by atoms with Crippen LogP contribution in [-0.4, -0.2) is 37.1 Å². The van der Waals surface area contributed by atoms with E-state index in [1.165, 1.54) is 6.07 Å². The van der Waals surface area contributed by atoms with E-state index in [9.17, 15) is 14.9 Å². The Morgan fingerprint density at radius 2 is 1.81 bits per heavy atom. The molecule has 0 atom stereocenters. The van der Waals surface area contributed by atoms with Gasteiger partial charge in [0.05, 0.1) is 17.2 Å². The maximum absolute atomic E-state index is 13.0. The summed E-state index contributed by atoms with van der Waals surface area (Å²) in [5.41, 5.74) is 1.58. The highest BCUT2D eigenvalue weighted by atomic mass is 16.6. The van der Waals surface area contributed by atoms with Crippen molar-refractivity contribution in [3.05, 3.63) is 58.1 Å². The number of nitro benzene ring substituents is 1. The van der Waals surface area contributed by atoms with Gasteiger partial charge in [0.15, 0.2) is 0 Å². The van der Waals surface area contributed by atoms with Crippen molar-refractivity contribution < 1.29 is 14.5 Å². The molecule has 1 amide bonds. The number of amides is 1. The predicted molar refractivity (Wildman–Crippen MR) is 98.2 cm³/mol. The first-order valence-corrected chi connectivity index (χ1v) is 8.72. The maximum atomic E-state index is 13.0. The van der Waals surface area contributed by atoms with Crippen LogP contribution in [-0.2, 0) is 0 Å². The highest BCUT2D eigenvalue weighted by Gasteiger charge is 2.28. The van der Waals surface area contributed by atoms with Crippen molar-refractivity contribution in [1.29, 1.82) is 0 Å². The number of para-hydroxylation sites is 2. The van der Waals surface area contributed by atoms with E-state index in [2.05, 4.69) is 0 Å². The number of hydrogen-bond donors (Lipinski definition) is 0. The summed E-state index contributed by atoms with van der Waals surface area (Å²) < 4.78 is 5.58. The molecule has 0 saturated carbocycles. The van der Waals surface area contributed by atoms with Crippen LogP contribution in [0.15, 0.2) is 42.5 Å². The number of ether oxygens (including phenoxy) is 1. The van der Waals surface area contributed by atoms with Crippen LogP contribution >= 0.6 is 0 Å². The Bertz CT molecular complexity index is 862. The van der Waals surface area contributed by atoms with E-state index in [0.29, 0.717) is 35.8 Å². The first kappa shape index (κ1) is 16.4. The smallest absolute Gasteiger partial charge is 0.293 e. The van der Waals surface area contributed by atoms with Gasteiger partial charge in [-0.1, -0.05) is 12.1 Å². The van der Waals surface area contributed by atoms with Gasteiger partial charge in [-0.25, -0.2) is 0 Å². The quantitative estimate of drug-likeness (QED) is 0.625. The Hall–Kier alpha value is -3.09. The first-order valence-electron chi connectivity index (χ1n) is 8.72. The van der Waals surface area contributed by atoms with Crippen LogP contribution in [0.5, 0.6) is 5.75 Å². The number of anilines is 2. The lowest BCUT2D eigenvalue weighted by Gasteiger charge is -2.29. The minimum atomic E-state index is -0.405. The summed E-state index contributed by atoms with van der Waals surface area (Å²) in [5.74, 6) is 0.395. The zero-order chi connectivity index (χ0) is 18.1. The number of rotatable bonds is 3. The summed E-state index contributed by atoms with van der Waals surface area (Å²) in [7, 11) is 0. The number of nitro groups is 1. The highest BCUT2D eigenvalue weighted by molar-refractivity contribution is 6.07. The van der Waals surface area contributed by atoms with Crippen molar-refractivity contribution in [3.63, 3.8) is 0 Å². The fourth-order valence-electron chi connectivity index (χ4n) is 3.56. The molecule has 0 radical (unpaired) electrons. The van der Waals surface area contributed by atoms with Crippen LogP contribution in [0.1, 0.15) is 23.2 Å². The average Bonchev–Trinajstić information content (AvgIpc) is 3.21. The number of carbonyl (C=O) groups is 1. The van der Waals surface area contributed by atoms with Gasteiger partial charge in [0.25, 0.3) is 11.6 Å². The lowest BCUT2D eigenvalue weighted by Crippen LogP contribution is -2.38. The van der Waals surface area contributed by atoms with Crippen LogP contribution in [0.4, 0.5) is 17.1 Å². The fraction of sp³-hybridized carbons (Fsp3) is 0.316. The largest absolute Gasteiger partial charge is 0.490 e. The third-order valence-corrected chi connectivity index (χ3v) is 4.84. The van der Waals surface area contributed by atoms with Crippen molar-refractivity contribution in [2.75, 3.05) is 36.0 Å². The van der Waals surface area contributed by atoms with Crippen molar-refractivity contribution >= 4 is 23.0 Å². The van der Waals surface area contributed by atoms with Gasteiger partial charge in [-0.2, -0.15) is 0 Å². The third-order valence-electron chi connectivity index (χ3n) is 4.84. The maximum Gasteiger partial charge on any atom is 0.293 e. The monoisotopic (exact) mass is 353 g/mol. The molecule has 2 aromatic rings. The SMILES string of the molecule is O=C(c1ccc(N2CCCC2)c([N+](=O)[O-])c1)N1CCOc2ccccc21. The second kappa shape index (κ2) is 6.67. The van der Waals surface area contributed by atoms with E-state index >= 15 is 0 Å². The fourth-order valence-corrected chi connectivity index (χ4v) is 3.56. The highest BCUT2D eigenvalue weighted by Crippen LogP contribution is 2.35. The molecule has 7 heteroatoms. The molecule has 0 N–H and O–H groups in total. The van der Waals surface area contributed by atoms with Crippen LogP contribution in [0, 0.1) is 10.1 Å². The number of carbonyl (C=O) groups excluding carboxylic acids is 1. The molecule has 2 aliphatic rings. The number of nitrogens with zero attached hydrogens (tertiary/aromatic N) is 3. The molecule has 2 aliphatic heterocycles. The van der Waals surface area contributed by atoms with Gasteiger partial charge in [-0.05, 0) is 37.1 Å². The molecule has 7 nitrogen and oxygen atoms in total. The molecule has 2 heterocycles. The molecule has 0 aromatic heterocycles. The zero-order valence-corrected chi connectivity index (χ0v) is 14.3. The van der Waals surface area contributed by atoms with E-state index in [4.69, 9.17) is 4.74 Å². The number of benzene rings is 2. The van der Waals surface area contributed by atoms with E-state index in [0.717, 1.165) is 25.9 Å². The van der Waals surface area contributed by atoms with Crippen molar-refractivity contribution in [1.82, 2.24) is 0 Å². The van der Waals surface area contributed by atoms with Crippen molar-refractivity contribution in [3.8, 4) is 5.75 Å². The summed E-state index contributed by atoms with van der Waals surface area (Å²) in [4.78, 5) is 27.8. The Balaban J connectivity index is 1.69. The normalized spacial score (nSPS) is 16.2. The Kier molecular flexibility index (Phi) is 4.20. The average molecular weight is 353 g/mol. The van der Waals surface area contributed by atoms with Gasteiger partial charge >= 0.3 is 0 Å². The molecule has 134 valence electrons. The second-order valence-electron chi connectivity index (χ2n) is 6.43. The van der Waals surface area contributed by atoms with Gasteiger partial charge in [0.2, 0.25) is 0 Å². The molecule has 0 aliphatic carbocycles. The molecule has 26 heavy (non-hydrogen) atoms. The van der Waals surface area contributed by atoms with Gasteiger partial charge < -0.3 is 14.5 Å². The Morgan fingerprint density at radius 3 is 2.58 bits per heavy atom. The van der Waals surface area contributed by atoms with Gasteiger partial charge in [0.1, 0.15) is 18.0 Å². The van der Waals surface area contributed by atoms with Gasteiger partial charge in [-0.15, -0.1) is 0 Å². The molecule has 1 saturated heterocycles. The molecule has 4 rings (SSSR count). The van der Waals surface area contributed by atoms with Gasteiger partial charge in [-0.3, -0.25) is 14.9 Å². The van der Waals surface area contributed by atoms with Crippen LogP contribution in [0.2, 0.25) is 0 Å². The van der Waals surface area contributed by atoms with Gasteiger partial charge in [0, 0.05) is 24.7 Å². The molecule has 0 unspecified atom stereocenters.